The molecule has 1 saturated heterocycles. The number of nitrogens with one attached hydrogen (secondary N) is 1. The highest BCUT2D eigenvalue weighted by atomic mass is 127. The number of ether oxygens (including phenoxy) is 2. The van der Waals surface area contributed by atoms with Crippen molar-refractivity contribution < 1.29 is 14.3 Å². The summed E-state index contributed by atoms with van der Waals surface area (Å²) in [7, 11) is 3.58. The summed E-state index contributed by atoms with van der Waals surface area (Å²) in [5.74, 6) is 0.918. The Balaban J connectivity index is 0.00000338. The van der Waals surface area contributed by atoms with Gasteiger partial charge in [-0.15, -0.1) is 24.0 Å². The van der Waals surface area contributed by atoms with Crippen LogP contribution in [0.15, 0.2) is 4.99 Å². The van der Waals surface area contributed by atoms with E-state index in [1.807, 2.05) is 14.0 Å². The SMILES string of the molecule is CCOC(=O)C1CCN(C(=NC)NCCN(CCOC)C2CC2)CC1.I. The minimum absolute atomic E-state index is 0. The monoisotopic (exact) mass is 482 g/mol. The van der Waals surface area contributed by atoms with E-state index < -0.39 is 0 Å². The van der Waals surface area contributed by atoms with Gasteiger partial charge in [-0.25, -0.2) is 0 Å². The van der Waals surface area contributed by atoms with Crippen LogP contribution in [0.4, 0.5) is 0 Å². The molecule has 2 aliphatic rings. The number of esters is 1. The van der Waals surface area contributed by atoms with E-state index in [-0.39, 0.29) is 35.9 Å². The molecule has 26 heavy (non-hydrogen) atoms. The van der Waals surface area contributed by atoms with Crippen LogP contribution in [0.2, 0.25) is 0 Å². The molecule has 1 heterocycles. The number of guanidine groups is 1. The molecule has 0 amide bonds. The van der Waals surface area contributed by atoms with Crippen molar-refractivity contribution in [3.63, 3.8) is 0 Å². The van der Waals surface area contributed by atoms with E-state index in [2.05, 4.69) is 20.1 Å². The Morgan fingerprint density at radius 2 is 1.92 bits per heavy atom. The molecule has 0 aromatic carbocycles. The maximum absolute atomic E-state index is 11.8. The lowest BCUT2D eigenvalue weighted by atomic mass is 9.97. The molecular formula is C18H35IN4O3. The summed E-state index contributed by atoms with van der Waals surface area (Å²) in [5, 5.41) is 3.48. The van der Waals surface area contributed by atoms with Crippen LogP contribution in [0.25, 0.3) is 0 Å². The molecule has 0 aromatic heterocycles. The predicted octanol–water partition coefficient (Wildman–Crippen LogP) is 1.57. The fourth-order valence-electron chi connectivity index (χ4n) is 3.36. The van der Waals surface area contributed by atoms with E-state index in [0.717, 1.165) is 64.2 Å². The molecule has 1 N–H and O–H groups in total. The van der Waals surface area contributed by atoms with Crippen LogP contribution in [0.1, 0.15) is 32.6 Å². The highest BCUT2D eigenvalue weighted by molar-refractivity contribution is 14.0. The third kappa shape index (κ3) is 7.56. The van der Waals surface area contributed by atoms with Crippen molar-refractivity contribution in [3.05, 3.63) is 0 Å². The van der Waals surface area contributed by atoms with Gasteiger partial charge in [0, 0.05) is 52.9 Å². The van der Waals surface area contributed by atoms with Crippen molar-refractivity contribution in [1.82, 2.24) is 15.1 Å². The molecule has 8 heteroatoms. The Morgan fingerprint density at radius 1 is 1.23 bits per heavy atom. The van der Waals surface area contributed by atoms with Gasteiger partial charge in [-0.05, 0) is 32.6 Å². The third-order valence-corrected chi connectivity index (χ3v) is 4.95. The Hall–Kier alpha value is -0.610. The average molecular weight is 482 g/mol. The first kappa shape index (κ1) is 23.4. The fourth-order valence-corrected chi connectivity index (χ4v) is 3.36. The van der Waals surface area contributed by atoms with E-state index in [4.69, 9.17) is 9.47 Å². The molecule has 0 spiro atoms. The molecule has 0 bridgehead atoms. The van der Waals surface area contributed by atoms with E-state index in [1.165, 1.54) is 12.8 Å². The molecule has 0 unspecified atom stereocenters. The second-order valence-electron chi connectivity index (χ2n) is 6.75. The summed E-state index contributed by atoms with van der Waals surface area (Å²) in [5.41, 5.74) is 0. The van der Waals surface area contributed by atoms with E-state index in [1.54, 1.807) is 7.11 Å². The first-order chi connectivity index (χ1) is 12.2. The Kier molecular flexibility index (Phi) is 11.5. The molecule has 7 nitrogen and oxygen atoms in total. The number of hydrogen-bond donors (Lipinski definition) is 1. The second-order valence-corrected chi connectivity index (χ2v) is 6.75. The van der Waals surface area contributed by atoms with Crippen LogP contribution in [0.3, 0.4) is 0 Å². The van der Waals surface area contributed by atoms with Crippen LogP contribution < -0.4 is 5.32 Å². The number of carbonyl (C=O) groups is 1. The van der Waals surface area contributed by atoms with E-state index in [9.17, 15) is 4.79 Å². The molecular weight excluding hydrogens is 447 g/mol. The van der Waals surface area contributed by atoms with Gasteiger partial charge in [-0.3, -0.25) is 14.7 Å². The molecule has 2 fully saturated rings. The number of likely N-dealkylation sites (tertiary alicyclic amines) is 1. The van der Waals surface area contributed by atoms with Crippen LogP contribution in [0, 0.1) is 5.92 Å². The maximum atomic E-state index is 11.8. The van der Waals surface area contributed by atoms with Gasteiger partial charge in [0.1, 0.15) is 0 Å². The van der Waals surface area contributed by atoms with Gasteiger partial charge >= 0.3 is 5.97 Å². The zero-order valence-electron chi connectivity index (χ0n) is 16.4. The van der Waals surface area contributed by atoms with Crippen LogP contribution in [0.5, 0.6) is 0 Å². The summed E-state index contributed by atoms with van der Waals surface area (Å²) in [6.07, 6.45) is 4.28. The Bertz CT molecular complexity index is 438. The molecule has 2 rings (SSSR count). The number of halogens is 1. The van der Waals surface area contributed by atoms with Crippen molar-refractivity contribution in [3.8, 4) is 0 Å². The van der Waals surface area contributed by atoms with Crippen molar-refractivity contribution >= 4 is 35.9 Å². The lowest BCUT2D eigenvalue weighted by Gasteiger charge is -2.33. The minimum Gasteiger partial charge on any atom is -0.466 e. The topological polar surface area (TPSA) is 66.4 Å². The Morgan fingerprint density at radius 3 is 2.46 bits per heavy atom. The number of hydrogen-bond acceptors (Lipinski definition) is 5. The summed E-state index contributed by atoms with van der Waals surface area (Å²) in [4.78, 5) is 21.0. The normalized spacial score (nSPS) is 18.6. The van der Waals surface area contributed by atoms with Gasteiger partial charge in [0.2, 0.25) is 0 Å². The number of aliphatic imine (C=N–C) groups is 1. The maximum Gasteiger partial charge on any atom is 0.309 e. The van der Waals surface area contributed by atoms with Crippen molar-refractivity contribution in [2.75, 3.05) is 60.1 Å². The molecule has 0 aromatic rings. The lowest BCUT2D eigenvalue weighted by Crippen LogP contribution is -2.48. The van der Waals surface area contributed by atoms with Crippen LogP contribution in [-0.4, -0.2) is 87.9 Å². The summed E-state index contributed by atoms with van der Waals surface area (Å²) < 4.78 is 10.3. The number of carbonyl (C=O) groups excluding carboxylic acids is 1. The van der Waals surface area contributed by atoms with Gasteiger partial charge in [0.25, 0.3) is 0 Å². The highest BCUT2D eigenvalue weighted by Crippen LogP contribution is 2.26. The first-order valence-corrected chi connectivity index (χ1v) is 9.54. The standard InChI is InChI=1S/C18H34N4O3.HI/c1-4-25-17(23)15-7-10-22(11-8-15)18(19-2)20-9-12-21(13-14-24-3)16-5-6-16;/h15-16H,4-14H2,1-3H3,(H,19,20);1H. The van der Waals surface area contributed by atoms with Gasteiger partial charge in [0.15, 0.2) is 5.96 Å². The van der Waals surface area contributed by atoms with Crippen LogP contribution >= 0.6 is 24.0 Å². The minimum atomic E-state index is -0.0525. The lowest BCUT2D eigenvalue weighted by molar-refractivity contribution is -0.149. The number of nitrogens with zero attached hydrogens (tertiary/aromatic N) is 3. The Labute approximate surface area is 174 Å². The second kappa shape index (κ2) is 12.7. The number of piperidine rings is 1. The van der Waals surface area contributed by atoms with Crippen molar-refractivity contribution in [2.24, 2.45) is 10.9 Å². The first-order valence-electron chi connectivity index (χ1n) is 9.54. The van der Waals surface area contributed by atoms with Crippen molar-refractivity contribution in [2.45, 2.75) is 38.6 Å². The molecule has 1 saturated carbocycles. The summed E-state index contributed by atoms with van der Waals surface area (Å²) in [6.45, 7) is 7.67. The van der Waals surface area contributed by atoms with E-state index in [0.29, 0.717) is 6.61 Å². The summed E-state index contributed by atoms with van der Waals surface area (Å²) >= 11 is 0. The molecule has 152 valence electrons. The van der Waals surface area contributed by atoms with Gasteiger partial charge in [-0.1, -0.05) is 0 Å². The molecule has 0 radical (unpaired) electrons. The van der Waals surface area contributed by atoms with Gasteiger partial charge in [-0.2, -0.15) is 0 Å². The van der Waals surface area contributed by atoms with Crippen LogP contribution in [-0.2, 0) is 14.3 Å². The zero-order valence-corrected chi connectivity index (χ0v) is 18.7. The fraction of sp³-hybridized carbons (Fsp3) is 0.889. The number of rotatable bonds is 9. The van der Waals surface area contributed by atoms with Gasteiger partial charge in [0.05, 0.1) is 19.1 Å². The smallest absolute Gasteiger partial charge is 0.309 e. The van der Waals surface area contributed by atoms with E-state index >= 15 is 0 Å². The summed E-state index contributed by atoms with van der Waals surface area (Å²) in [6, 6.07) is 0.735. The molecule has 0 atom stereocenters. The quantitative estimate of drug-likeness (QED) is 0.233. The largest absolute Gasteiger partial charge is 0.466 e. The highest BCUT2D eigenvalue weighted by Gasteiger charge is 2.29. The average Bonchev–Trinajstić information content (AvgIpc) is 3.47. The number of methoxy groups -OCH3 is 1. The zero-order chi connectivity index (χ0) is 18.1. The molecule has 1 aliphatic heterocycles. The molecule has 1 aliphatic carbocycles. The van der Waals surface area contributed by atoms with Gasteiger partial charge < -0.3 is 19.7 Å². The van der Waals surface area contributed by atoms with Crippen molar-refractivity contribution in [1.29, 1.82) is 0 Å². The third-order valence-electron chi connectivity index (χ3n) is 4.95. The predicted molar refractivity (Wildman–Crippen MR) is 114 cm³/mol.